The average molecular weight is 559 g/mol. The van der Waals surface area contributed by atoms with Gasteiger partial charge in [0.25, 0.3) is 0 Å². The summed E-state index contributed by atoms with van der Waals surface area (Å²) in [5, 5.41) is 3.27. The van der Waals surface area contributed by atoms with Crippen LogP contribution in [0.3, 0.4) is 0 Å². The molecule has 0 aromatic heterocycles. The van der Waals surface area contributed by atoms with E-state index >= 15 is 0 Å². The highest BCUT2D eigenvalue weighted by Crippen LogP contribution is 2.11. The zero-order valence-electron chi connectivity index (χ0n) is 18.8. The second kappa shape index (κ2) is 12.4. The lowest BCUT2D eigenvalue weighted by molar-refractivity contribution is -0.132. The van der Waals surface area contributed by atoms with E-state index in [1.807, 2.05) is 18.7 Å². The standard InChI is InChI=1S/C19H38N6O3S.HI/c1-19(2,22-29(4,27)28)16-21-18(20-3)25-13-11-23(12-14-25)15-17(26)24-9-7-5-6-8-10-24;/h22H,5-16H2,1-4H3,(H,20,21);1H. The van der Waals surface area contributed by atoms with E-state index in [1.165, 1.54) is 12.8 Å². The van der Waals surface area contributed by atoms with Crippen LogP contribution >= 0.6 is 24.0 Å². The quantitative estimate of drug-likeness (QED) is 0.281. The van der Waals surface area contributed by atoms with Gasteiger partial charge in [-0.2, -0.15) is 0 Å². The van der Waals surface area contributed by atoms with Gasteiger partial charge in [-0.15, -0.1) is 24.0 Å². The van der Waals surface area contributed by atoms with E-state index in [0.717, 1.165) is 64.3 Å². The van der Waals surface area contributed by atoms with Crippen LogP contribution in [0.4, 0.5) is 0 Å². The molecule has 9 nitrogen and oxygen atoms in total. The molecule has 2 aliphatic heterocycles. The van der Waals surface area contributed by atoms with Gasteiger partial charge in [-0.3, -0.25) is 14.7 Å². The summed E-state index contributed by atoms with van der Waals surface area (Å²) in [7, 11) is -1.55. The fourth-order valence-electron chi connectivity index (χ4n) is 3.90. The van der Waals surface area contributed by atoms with Crippen molar-refractivity contribution in [3.05, 3.63) is 0 Å². The van der Waals surface area contributed by atoms with Crippen molar-refractivity contribution >= 4 is 45.9 Å². The lowest BCUT2D eigenvalue weighted by Crippen LogP contribution is -2.57. The van der Waals surface area contributed by atoms with E-state index in [2.05, 4.69) is 24.8 Å². The topological polar surface area (TPSA) is 97.3 Å². The SMILES string of the molecule is CN=C(NCC(C)(C)NS(C)(=O)=O)N1CCN(CC(=O)N2CCCCCC2)CC1.I. The van der Waals surface area contributed by atoms with E-state index in [0.29, 0.717) is 13.1 Å². The predicted molar refractivity (Wildman–Crippen MR) is 132 cm³/mol. The Kier molecular flexibility index (Phi) is 11.3. The van der Waals surface area contributed by atoms with Crippen LogP contribution in [0.2, 0.25) is 0 Å². The molecule has 0 aromatic rings. The van der Waals surface area contributed by atoms with Gasteiger partial charge in [0, 0.05) is 58.4 Å². The number of carbonyl (C=O) groups is 1. The van der Waals surface area contributed by atoms with Gasteiger partial charge in [-0.1, -0.05) is 12.8 Å². The molecule has 0 spiro atoms. The van der Waals surface area contributed by atoms with E-state index < -0.39 is 15.6 Å². The largest absolute Gasteiger partial charge is 0.354 e. The number of carbonyl (C=O) groups excluding carboxylic acids is 1. The molecule has 2 fully saturated rings. The summed E-state index contributed by atoms with van der Waals surface area (Å²) in [4.78, 5) is 23.3. The fraction of sp³-hybridized carbons (Fsp3) is 0.895. The van der Waals surface area contributed by atoms with Crippen LogP contribution in [0.25, 0.3) is 0 Å². The Morgan fingerprint density at radius 1 is 0.967 bits per heavy atom. The molecule has 11 heteroatoms. The molecule has 2 saturated heterocycles. The zero-order valence-corrected chi connectivity index (χ0v) is 22.0. The number of nitrogens with one attached hydrogen (secondary N) is 2. The van der Waals surface area contributed by atoms with Crippen molar-refractivity contribution in [2.24, 2.45) is 4.99 Å². The summed E-state index contributed by atoms with van der Waals surface area (Å²) < 4.78 is 25.6. The van der Waals surface area contributed by atoms with Gasteiger partial charge < -0.3 is 15.1 Å². The van der Waals surface area contributed by atoms with Crippen molar-refractivity contribution in [3.63, 3.8) is 0 Å². The van der Waals surface area contributed by atoms with Gasteiger partial charge >= 0.3 is 0 Å². The Bertz CT molecular complexity index is 670. The molecule has 0 unspecified atom stereocenters. The first-order valence-electron chi connectivity index (χ1n) is 10.5. The Labute approximate surface area is 199 Å². The third-order valence-electron chi connectivity index (χ3n) is 5.35. The van der Waals surface area contributed by atoms with Crippen LogP contribution in [0.15, 0.2) is 4.99 Å². The second-order valence-corrected chi connectivity index (χ2v) is 10.5. The van der Waals surface area contributed by atoms with E-state index in [4.69, 9.17) is 0 Å². The zero-order chi connectivity index (χ0) is 21.5. The molecule has 2 aliphatic rings. The maximum absolute atomic E-state index is 12.6. The van der Waals surface area contributed by atoms with E-state index in [9.17, 15) is 13.2 Å². The van der Waals surface area contributed by atoms with Gasteiger partial charge in [0.05, 0.1) is 12.8 Å². The molecule has 2 heterocycles. The van der Waals surface area contributed by atoms with Crippen LogP contribution in [0.5, 0.6) is 0 Å². The number of likely N-dealkylation sites (tertiary alicyclic amines) is 1. The van der Waals surface area contributed by atoms with Gasteiger partial charge in [-0.05, 0) is 26.7 Å². The monoisotopic (exact) mass is 558 g/mol. The maximum atomic E-state index is 12.6. The number of rotatable bonds is 6. The number of hydrogen-bond acceptors (Lipinski definition) is 5. The molecular weight excluding hydrogens is 519 g/mol. The summed E-state index contributed by atoms with van der Waals surface area (Å²) in [5.41, 5.74) is -0.620. The van der Waals surface area contributed by atoms with Crippen LogP contribution in [-0.2, 0) is 14.8 Å². The lowest BCUT2D eigenvalue weighted by Gasteiger charge is -2.37. The van der Waals surface area contributed by atoms with Crippen LogP contribution in [0, 0.1) is 0 Å². The van der Waals surface area contributed by atoms with Gasteiger partial charge in [0.2, 0.25) is 15.9 Å². The highest BCUT2D eigenvalue weighted by Gasteiger charge is 2.26. The highest BCUT2D eigenvalue weighted by molar-refractivity contribution is 14.0. The Balaban J connectivity index is 0.00000450. The molecular formula is C19H39IN6O3S. The van der Waals surface area contributed by atoms with E-state index in [1.54, 1.807) is 7.05 Å². The number of sulfonamides is 1. The molecule has 0 aliphatic carbocycles. The van der Waals surface area contributed by atoms with Crippen molar-refractivity contribution in [1.82, 2.24) is 24.7 Å². The van der Waals surface area contributed by atoms with Crippen molar-refractivity contribution in [3.8, 4) is 0 Å². The predicted octanol–water partition coefficient (Wildman–Crippen LogP) is 0.528. The first-order chi connectivity index (χ1) is 13.6. The Morgan fingerprint density at radius 2 is 1.53 bits per heavy atom. The van der Waals surface area contributed by atoms with Crippen LogP contribution in [-0.4, -0.2) is 106 Å². The highest BCUT2D eigenvalue weighted by atomic mass is 127. The number of aliphatic imine (C=N–C) groups is 1. The van der Waals surface area contributed by atoms with Gasteiger partial charge in [0.1, 0.15) is 0 Å². The normalized spacial score (nSPS) is 19.8. The molecule has 176 valence electrons. The van der Waals surface area contributed by atoms with Crippen LogP contribution < -0.4 is 10.0 Å². The smallest absolute Gasteiger partial charge is 0.236 e. The molecule has 2 rings (SSSR count). The van der Waals surface area contributed by atoms with Crippen molar-refractivity contribution in [2.45, 2.75) is 45.1 Å². The minimum atomic E-state index is -3.28. The molecule has 1 amide bonds. The molecule has 2 N–H and O–H groups in total. The van der Waals surface area contributed by atoms with Crippen molar-refractivity contribution in [1.29, 1.82) is 0 Å². The lowest BCUT2D eigenvalue weighted by atomic mass is 10.1. The molecule has 30 heavy (non-hydrogen) atoms. The minimum absolute atomic E-state index is 0. The van der Waals surface area contributed by atoms with Gasteiger partial charge in [0.15, 0.2) is 5.96 Å². The maximum Gasteiger partial charge on any atom is 0.236 e. The fourth-order valence-corrected chi connectivity index (χ4v) is 4.98. The molecule has 0 atom stereocenters. The second-order valence-electron chi connectivity index (χ2n) is 8.72. The number of amides is 1. The number of piperazine rings is 1. The summed E-state index contributed by atoms with van der Waals surface area (Å²) in [6, 6.07) is 0. The average Bonchev–Trinajstić information content (AvgIpc) is 2.91. The summed E-state index contributed by atoms with van der Waals surface area (Å²) in [6.07, 6.45) is 5.85. The third-order valence-corrected chi connectivity index (χ3v) is 6.27. The van der Waals surface area contributed by atoms with Gasteiger partial charge in [-0.25, -0.2) is 13.1 Å². The number of halogens is 1. The first-order valence-corrected chi connectivity index (χ1v) is 12.4. The summed E-state index contributed by atoms with van der Waals surface area (Å²) in [6.45, 7) is 9.57. The Hall–Kier alpha value is -0.660. The van der Waals surface area contributed by atoms with Crippen molar-refractivity contribution < 1.29 is 13.2 Å². The number of hydrogen-bond donors (Lipinski definition) is 2. The number of nitrogens with zero attached hydrogens (tertiary/aromatic N) is 4. The Morgan fingerprint density at radius 3 is 2.03 bits per heavy atom. The number of guanidine groups is 1. The molecule has 0 aromatic carbocycles. The van der Waals surface area contributed by atoms with Crippen molar-refractivity contribution in [2.75, 3.05) is 65.7 Å². The van der Waals surface area contributed by atoms with E-state index in [-0.39, 0.29) is 29.9 Å². The molecule has 0 bridgehead atoms. The minimum Gasteiger partial charge on any atom is -0.354 e. The van der Waals surface area contributed by atoms with Crippen LogP contribution in [0.1, 0.15) is 39.5 Å². The summed E-state index contributed by atoms with van der Waals surface area (Å²) in [5.74, 6) is 1.00. The molecule has 0 radical (unpaired) electrons. The third kappa shape index (κ3) is 9.65. The molecule has 0 saturated carbocycles. The first kappa shape index (κ1) is 27.4. The summed E-state index contributed by atoms with van der Waals surface area (Å²) >= 11 is 0.